The number of rotatable bonds is 5. The van der Waals surface area contributed by atoms with Crippen LogP contribution in [-0.4, -0.2) is 15.7 Å². The van der Waals surface area contributed by atoms with Gasteiger partial charge in [-0.1, -0.05) is 23.7 Å². The van der Waals surface area contributed by atoms with Crippen molar-refractivity contribution in [2.75, 3.05) is 0 Å². The van der Waals surface area contributed by atoms with Gasteiger partial charge in [0.1, 0.15) is 0 Å². The van der Waals surface area contributed by atoms with Gasteiger partial charge in [-0.15, -0.1) is 11.3 Å². The smallest absolute Gasteiger partial charge is 0.332 e. The number of nitriles is 1. The fourth-order valence-corrected chi connectivity index (χ4v) is 4.92. The van der Waals surface area contributed by atoms with Gasteiger partial charge in [0, 0.05) is 15.9 Å². The number of fused-ring (bicyclic) bond motifs is 1. The van der Waals surface area contributed by atoms with E-state index in [9.17, 15) is 19.1 Å². The van der Waals surface area contributed by atoms with E-state index < -0.39 is 19.2 Å². The van der Waals surface area contributed by atoms with E-state index in [1.165, 1.54) is 23.6 Å². The number of nitrogens with one attached hydrogen (secondary N) is 1. The van der Waals surface area contributed by atoms with Gasteiger partial charge in [0.15, 0.2) is 5.66 Å². The quantitative estimate of drug-likeness (QED) is 0.516. The highest BCUT2D eigenvalue weighted by molar-refractivity contribution is 7.53. The zero-order chi connectivity index (χ0) is 20.3. The predicted octanol–water partition coefficient (Wildman–Crippen LogP) is 4.43. The number of amides is 1. The van der Waals surface area contributed by atoms with Gasteiger partial charge in [-0.3, -0.25) is 9.36 Å². The van der Waals surface area contributed by atoms with Crippen LogP contribution in [0.3, 0.4) is 0 Å². The first kappa shape index (κ1) is 20.3. The third kappa shape index (κ3) is 4.50. The fraction of sp³-hybridized carbons (Fsp3) is 0.0526. The molecular weight excluding hydrogens is 419 g/mol. The second kappa shape index (κ2) is 8.27. The second-order valence-corrected chi connectivity index (χ2v) is 8.94. The molecule has 0 aliphatic carbocycles. The topological polar surface area (TPSA) is 110 Å². The summed E-state index contributed by atoms with van der Waals surface area (Å²) in [5.41, 5.74) is -0.300. The molecule has 1 amide bonds. The fourth-order valence-electron chi connectivity index (χ4n) is 2.72. The molecule has 0 saturated heterocycles. The van der Waals surface area contributed by atoms with Crippen molar-refractivity contribution in [3.05, 3.63) is 75.8 Å². The Balaban J connectivity index is 1.89. The molecule has 0 aliphatic rings. The van der Waals surface area contributed by atoms with Crippen LogP contribution in [0.15, 0.2) is 54.0 Å². The van der Waals surface area contributed by atoms with Crippen molar-refractivity contribution in [1.82, 2.24) is 5.32 Å². The van der Waals surface area contributed by atoms with Crippen LogP contribution >= 0.6 is 30.5 Å². The molecule has 3 aromatic rings. The molecule has 0 radical (unpaired) electrons. The molecule has 9 heteroatoms. The maximum Gasteiger partial charge on any atom is 0.342 e. The zero-order valence-corrected chi connectivity index (χ0v) is 16.7. The average molecular weight is 433 g/mol. The van der Waals surface area contributed by atoms with Crippen LogP contribution in [0, 0.1) is 11.3 Å². The van der Waals surface area contributed by atoms with Gasteiger partial charge in [0.05, 0.1) is 11.6 Å². The SMILES string of the molecule is N#Cc1cccc(C=CNC(=O)C(c2csc3ccc(Cl)cc23)P(=O)(O)O)c1. The largest absolute Gasteiger partial charge is 0.342 e. The number of thiophene rings is 1. The van der Waals surface area contributed by atoms with Crippen LogP contribution in [0.4, 0.5) is 0 Å². The molecule has 0 bridgehead atoms. The summed E-state index contributed by atoms with van der Waals surface area (Å²) in [5.74, 6) is -0.833. The minimum atomic E-state index is -4.79. The van der Waals surface area contributed by atoms with Crippen LogP contribution in [0.25, 0.3) is 16.2 Å². The molecule has 3 N–H and O–H groups in total. The summed E-state index contributed by atoms with van der Waals surface area (Å²) < 4.78 is 12.8. The summed E-state index contributed by atoms with van der Waals surface area (Å²) in [6, 6.07) is 13.7. The molecule has 6 nitrogen and oxygen atoms in total. The van der Waals surface area contributed by atoms with E-state index in [0.29, 0.717) is 21.5 Å². The van der Waals surface area contributed by atoms with Crippen LogP contribution in [0.5, 0.6) is 0 Å². The van der Waals surface area contributed by atoms with Crippen LogP contribution in [0.1, 0.15) is 22.3 Å². The number of hydrogen-bond donors (Lipinski definition) is 3. The number of benzene rings is 2. The summed E-state index contributed by atoms with van der Waals surface area (Å²) in [4.78, 5) is 32.2. The van der Waals surface area contributed by atoms with Gasteiger partial charge in [-0.2, -0.15) is 5.26 Å². The molecular formula is C19H14ClN2O4PS. The van der Waals surface area contributed by atoms with Crippen molar-refractivity contribution in [2.24, 2.45) is 0 Å². The molecule has 0 spiro atoms. The van der Waals surface area contributed by atoms with E-state index in [0.717, 1.165) is 4.70 Å². The van der Waals surface area contributed by atoms with E-state index in [4.69, 9.17) is 16.9 Å². The standard InChI is InChI=1S/C19H14ClN2O4PS/c20-14-4-5-17-15(9-14)16(11-28-17)18(27(24,25)26)19(23)22-7-6-12-2-1-3-13(8-12)10-21/h1-9,11,18H,(H,22,23)(H2,24,25,26). The number of nitrogens with zero attached hydrogens (tertiary/aromatic N) is 1. The summed E-state index contributed by atoms with van der Waals surface area (Å²) in [7, 11) is -4.79. The molecule has 142 valence electrons. The number of hydrogen-bond acceptors (Lipinski definition) is 4. The molecule has 1 unspecified atom stereocenters. The van der Waals surface area contributed by atoms with E-state index in [1.54, 1.807) is 47.8 Å². The van der Waals surface area contributed by atoms with Crippen molar-refractivity contribution in [3.8, 4) is 6.07 Å². The Morgan fingerprint density at radius 1 is 1.29 bits per heavy atom. The van der Waals surface area contributed by atoms with E-state index >= 15 is 0 Å². The van der Waals surface area contributed by atoms with Gasteiger partial charge in [0.25, 0.3) is 0 Å². The Bertz CT molecular complexity index is 1160. The first-order valence-electron chi connectivity index (χ1n) is 7.98. The third-order valence-electron chi connectivity index (χ3n) is 3.96. The van der Waals surface area contributed by atoms with Crippen molar-refractivity contribution < 1.29 is 19.1 Å². The monoisotopic (exact) mass is 432 g/mol. The zero-order valence-electron chi connectivity index (χ0n) is 14.2. The lowest BCUT2D eigenvalue weighted by Gasteiger charge is -2.16. The number of carbonyl (C=O) groups excluding carboxylic acids is 1. The molecule has 1 atom stereocenters. The molecule has 1 aromatic heterocycles. The van der Waals surface area contributed by atoms with Crippen LogP contribution < -0.4 is 5.32 Å². The number of carbonyl (C=O) groups is 1. The van der Waals surface area contributed by atoms with E-state index in [1.807, 2.05) is 6.07 Å². The molecule has 1 heterocycles. The van der Waals surface area contributed by atoms with Gasteiger partial charge in [0.2, 0.25) is 5.91 Å². The molecule has 0 fully saturated rings. The third-order valence-corrected chi connectivity index (χ3v) is 6.36. The first-order valence-corrected chi connectivity index (χ1v) is 10.9. The molecule has 28 heavy (non-hydrogen) atoms. The molecule has 3 rings (SSSR count). The van der Waals surface area contributed by atoms with Crippen molar-refractivity contribution in [2.45, 2.75) is 5.66 Å². The molecule has 2 aromatic carbocycles. The summed E-state index contributed by atoms with van der Waals surface area (Å²) in [5, 5.41) is 13.8. The Kier molecular flexibility index (Phi) is 5.99. The number of halogens is 1. The van der Waals surface area contributed by atoms with E-state index in [2.05, 4.69) is 5.32 Å². The van der Waals surface area contributed by atoms with Crippen molar-refractivity contribution >= 4 is 52.6 Å². The summed E-state index contributed by atoms with van der Waals surface area (Å²) in [6.07, 6.45) is 2.83. The van der Waals surface area contributed by atoms with Crippen LogP contribution in [-0.2, 0) is 9.36 Å². The highest BCUT2D eigenvalue weighted by Gasteiger charge is 2.38. The van der Waals surface area contributed by atoms with Gasteiger partial charge in [-0.25, -0.2) is 0 Å². The highest BCUT2D eigenvalue weighted by atomic mass is 35.5. The lowest BCUT2D eigenvalue weighted by atomic mass is 10.1. The molecule has 0 saturated carbocycles. The van der Waals surface area contributed by atoms with Crippen LogP contribution in [0.2, 0.25) is 5.02 Å². The first-order chi connectivity index (χ1) is 13.3. The lowest BCUT2D eigenvalue weighted by molar-refractivity contribution is -0.120. The summed E-state index contributed by atoms with van der Waals surface area (Å²) in [6.45, 7) is 0. The minimum absolute atomic E-state index is 0.230. The molecule has 0 aliphatic heterocycles. The Morgan fingerprint density at radius 3 is 2.79 bits per heavy atom. The van der Waals surface area contributed by atoms with E-state index in [-0.39, 0.29) is 5.56 Å². The Labute approximate surface area is 169 Å². The highest BCUT2D eigenvalue weighted by Crippen LogP contribution is 2.54. The lowest BCUT2D eigenvalue weighted by Crippen LogP contribution is -2.25. The maximum absolute atomic E-state index is 12.6. The summed E-state index contributed by atoms with van der Waals surface area (Å²) >= 11 is 7.28. The maximum atomic E-state index is 12.6. The second-order valence-electron chi connectivity index (χ2n) is 5.90. The Hall–Kier alpha value is -2.46. The van der Waals surface area contributed by atoms with Crippen molar-refractivity contribution in [1.29, 1.82) is 5.26 Å². The van der Waals surface area contributed by atoms with Gasteiger partial charge < -0.3 is 15.1 Å². The van der Waals surface area contributed by atoms with Gasteiger partial charge in [-0.05, 0) is 58.3 Å². The predicted molar refractivity (Wildman–Crippen MR) is 110 cm³/mol. The Morgan fingerprint density at radius 2 is 2.07 bits per heavy atom. The van der Waals surface area contributed by atoms with Crippen molar-refractivity contribution in [3.63, 3.8) is 0 Å². The average Bonchev–Trinajstić information content (AvgIpc) is 3.03. The minimum Gasteiger partial charge on any atom is -0.332 e. The normalized spacial score (nSPS) is 12.8. The van der Waals surface area contributed by atoms with Gasteiger partial charge >= 0.3 is 7.60 Å².